The summed E-state index contributed by atoms with van der Waals surface area (Å²) in [4.78, 5) is 4.17. The molecule has 1 aromatic carbocycles. The highest BCUT2D eigenvalue weighted by atomic mass is 16.5. The van der Waals surface area contributed by atoms with Crippen molar-refractivity contribution in [2.75, 3.05) is 6.61 Å². The molecule has 19 heavy (non-hydrogen) atoms. The molecular weight excluding hydrogens is 236 g/mol. The zero-order valence-corrected chi connectivity index (χ0v) is 11.4. The maximum absolute atomic E-state index is 6.39. The Balaban J connectivity index is 2.32. The second kappa shape index (κ2) is 6.45. The van der Waals surface area contributed by atoms with Crippen LogP contribution in [0.15, 0.2) is 48.8 Å². The predicted molar refractivity (Wildman–Crippen MR) is 76.7 cm³/mol. The van der Waals surface area contributed by atoms with Gasteiger partial charge in [-0.3, -0.25) is 4.98 Å². The second-order valence-corrected chi connectivity index (χ2v) is 4.54. The van der Waals surface area contributed by atoms with Crippen LogP contribution in [0.4, 0.5) is 0 Å². The first-order valence-corrected chi connectivity index (χ1v) is 6.56. The van der Waals surface area contributed by atoms with Crippen LogP contribution in [-0.2, 0) is 4.74 Å². The summed E-state index contributed by atoms with van der Waals surface area (Å²) < 4.78 is 5.85. The molecule has 2 unspecified atom stereocenters. The Hall–Kier alpha value is -1.71. The third-order valence-electron chi connectivity index (χ3n) is 3.24. The molecule has 0 saturated carbocycles. The van der Waals surface area contributed by atoms with Crippen molar-refractivity contribution in [2.24, 2.45) is 5.73 Å². The van der Waals surface area contributed by atoms with Gasteiger partial charge < -0.3 is 10.5 Å². The molecule has 0 aliphatic heterocycles. The van der Waals surface area contributed by atoms with Crippen molar-refractivity contribution in [1.82, 2.24) is 4.98 Å². The van der Waals surface area contributed by atoms with Crippen LogP contribution in [0.25, 0.3) is 0 Å². The molecule has 0 aliphatic carbocycles. The minimum Gasteiger partial charge on any atom is -0.372 e. The Morgan fingerprint density at radius 2 is 1.95 bits per heavy atom. The molecule has 0 bridgehead atoms. The van der Waals surface area contributed by atoms with E-state index in [-0.39, 0.29) is 12.1 Å². The van der Waals surface area contributed by atoms with Crippen molar-refractivity contribution in [3.8, 4) is 0 Å². The summed E-state index contributed by atoms with van der Waals surface area (Å²) in [6.45, 7) is 4.66. The first kappa shape index (κ1) is 13.7. The summed E-state index contributed by atoms with van der Waals surface area (Å²) in [6, 6.07) is 11.9. The fourth-order valence-corrected chi connectivity index (χ4v) is 2.22. The van der Waals surface area contributed by atoms with Crippen molar-refractivity contribution in [2.45, 2.75) is 26.0 Å². The van der Waals surface area contributed by atoms with Gasteiger partial charge in [-0.15, -0.1) is 0 Å². The second-order valence-electron chi connectivity index (χ2n) is 4.54. The first-order chi connectivity index (χ1) is 9.24. The zero-order valence-electron chi connectivity index (χ0n) is 11.4. The highest BCUT2D eigenvalue weighted by Gasteiger charge is 2.23. The molecule has 0 radical (unpaired) electrons. The van der Waals surface area contributed by atoms with E-state index in [4.69, 9.17) is 10.5 Å². The van der Waals surface area contributed by atoms with E-state index in [0.717, 1.165) is 16.7 Å². The van der Waals surface area contributed by atoms with Crippen molar-refractivity contribution >= 4 is 0 Å². The number of hydrogen-bond donors (Lipinski definition) is 1. The first-order valence-electron chi connectivity index (χ1n) is 6.56. The molecule has 100 valence electrons. The smallest absolute Gasteiger partial charge is 0.102 e. The Morgan fingerprint density at radius 3 is 2.58 bits per heavy atom. The molecule has 0 fully saturated rings. The third kappa shape index (κ3) is 3.19. The number of aryl methyl sites for hydroxylation is 1. The molecule has 3 heteroatoms. The van der Waals surface area contributed by atoms with Gasteiger partial charge in [0.2, 0.25) is 0 Å². The molecule has 2 atom stereocenters. The van der Waals surface area contributed by atoms with E-state index in [9.17, 15) is 0 Å². The topological polar surface area (TPSA) is 48.1 Å². The number of nitrogens with zero attached hydrogens (tertiary/aromatic N) is 1. The summed E-state index contributed by atoms with van der Waals surface area (Å²) >= 11 is 0. The molecule has 0 aliphatic rings. The molecule has 0 spiro atoms. The molecule has 2 aromatic rings. The molecule has 1 aromatic heterocycles. The lowest BCUT2D eigenvalue weighted by molar-refractivity contribution is 0.0427. The predicted octanol–water partition coefficient (Wildman–Crippen LogP) is 3.17. The Morgan fingerprint density at radius 1 is 1.21 bits per heavy atom. The molecule has 0 saturated heterocycles. The van der Waals surface area contributed by atoms with Crippen molar-refractivity contribution < 1.29 is 4.74 Å². The average molecular weight is 256 g/mol. The number of rotatable bonds is 5. The summed E-state index contributed by atoms with van der Waals surface area (Å²) in [5, 5.41) is 0. The van der Waals surface area contributed by atoms with Gasteiger partial charge >= 0.3 is 0 Å². The lowest BCUT2D eigenvalue weighted by Crippen LogP contribution is -2.23. The number of aromatic nitrogens is 1. The monoisotopic (exact) mass is 256 g/mol. The quantitative estimate of drug-likeness (QED) is 0.893. The highest BCUT2D eigenvalue weighted by Crippen LogP contribution is 2.31. The van der Waals surface area contributed by atoms with Gasteiger partial charge in [0.25, 0.3) is 0 Å². The molecule has 0 amide bonds. The molecule has 2 N–H and O–H groups in total. The minimum absolute atomic E-state index is 0.144. The fourth-order valence-electron chi connectivity index (χ4n) is 2.22. The highest BCUT2D eigenvalue weighted by molar-refractivity contribution is 5.29. The maximum atomic E-state index is 6.39. The average Bonchev–Trinajstić information content (AvgIpc) is 2.45. The van der Waals surface area contributed by atoms with E-state index < -0.39 is 0 Å². The lowest BCUT2D eigenvalue weighted by atomic mass is 9.95. The van der Waals surface area contributed by atoms with Crippen LogP contribution in [0.5, 0.6) is 0 Å². The fraction of sp³-hybridized carbons (Fsp3) is 0.312. The van der Waals surface area contributed by atoms with E-state index >= 15 is 0 Å². The van der Waals surface area contributed by atoms with Crippen LogP contribution in [0.3, 0.4) is 0 Å². The van der Waals surface area contributed by atoms with Gasteiger partial charge in [0.15, 0.2) is 0 Å². The van der Waals surface area contributed by atoms with Crippen LogP contribution in [0, 0.1) is 6.92 Å². The number of hydrogen-bond acceptors (Lipinski definition) is 3. The van der Waals surface area contributed by atoms with Crippen LogP contribution in [-0.4, -0.2) is 11.6 Å². The summed E-state index contributed by atoms with van der Waals surface area (Å²) in [6.07, 6.45) is 3.47. The zero-order chi connectivity index (χ0) is 13.7. The maximum Gasteiger partial charge on any atom is 0.102 e. The van der Waals surface area contributed by atoms with Crippen molar-refractivity contribution in [3.63, 3.8) is 0 Å². The number of pyridine rings is 1. The van der Waals surface area contributed by atoms with Crippen LogP contribution < -0.4 is 5.73 Å². The van der Waals surface area contributed by atoms with Gasteiger partial charge in [0.05, 0.1) is 6.04 Å². The molecule has 1 heterocycles. The van der Waals surface area contributed by atoms with E-state index in [0.29, 0.717) is 6.61 Å². The largest absolute Gasteiger partial charge is 0.372 e. The molecular formula is C16H20N2O. The van der Waals surface area contributed by atoms with Gasteiger partial charge in [0.1, 0.15) is 6.10 Å². The number of ether oxygens (including phenoxy) is 1. The minimum atomic E-state index is -0.212. The Bertz CT molecular complexity index is 513. The summed E-state index contributed by atoms with van der Waals surface area (Å²) in [5.41, 5.74) is 9.66. The Kier molecular flexibility index (Phi) is 4.66. The van der Waals surface area contributed by atoms with E-state index in [1.165, 1.54) is 0 Å². The van der Waals surface area contributed by atoms with Gasteiger partial charge in [0, 0.05) is 19.0 Å². The van der Waals surface area contributed by atoms with Gasteiger partial charge in [-0.1, -0.05) is 30.3 Å². The molecule has 3 nitrogen and oxygen atoms in total. The molecule has 2 rings (SSSR count). The van der Waals surface area contributed by atoms with Crippen molar-refractivity contribution in [3.05, 3.63) is 65.5 Å². The summed E-state index contributed by atoms with van der Waals surface area (Å²) in [5.74, 6) is 0. The van der Waals surface area contributed by atoms with Crippen LogP contribution in [0.2, 0.25) is 0 Å². The lowest BCUT2D eigenvalue weighted by Gasteiger charge is -2.25. The standard InChI is InChI=1S/C16H20N2O/c1-3-19-16(13-7-5-4-6-8-13)15(17)14-11-18-10-9-12(14)2/h4-11,15-16H,3,17H2,1-2H3. The van der Waals surface area contributed by atoms with Crippen LogP contribution >= 0.6 is 0 Å². The number of nitrogens with two attached hydrogens (primary N) is 1. The van der Waals surface area contributed by atoms with E-state index in [1.54, 1.807) is 6.20 Å². The third-order valence-corrected chi connectivity index (χ3v) is 3.24. The SMILES string of the molecule is CCOC(c1ccccc1)C(N)c1cnccc1C. The van der Waals surface area contributed by atoms with Gasteiger partial charge in [-0.2, -0.15) is 0 Å². The van der Waals surface area contributed by atoms with Gasteiger partial charge in [-0.25, -0.2) is 0 Å². The normalized spacial score (nSPS) is 14.1. The summed E-state index contributed by atoms with van der Waals surface area (Å²) in [7, 11) is 0. The van der Waals surface area contributed by atoms with Gasteiger partial charge in [-0.05, 0) is 36.6 Å². The number of benzene rings is 1. The van der Waals surface area contributed by atoms with Crippen LogP contribution in [0.1, 0.15) is 35.8 Å². The Labute approximate surface area is 114 Å². The van der Waals surface area contributed by atoms with Crippen molar-refractivity contribution in [1.29, 1.82) is 0 Å². The van der Waals surface area contributed by atoms with E-state index in [2.05, 4.69) is 4.98 Å². The van der Waals surface area contributed by atoms with E-state index in [1.807, 2.05) is 56.4 Å².